The van der Waals surface area contributed by atoms with Crippen molar-refractivity contribution in [3.63, 3.8) is 0 Å². The van der Waals surface area contributed by atoms with E-state index in [4.69, 9.17) is 31.2 Å². The van der Waals surface area contributed by atoms with E-state index >= 15 is 0 Å². The van der Waals surface area contributed by atoms with Crippen LogP contribution in [0.5, 0.6) is 11.5 Å². The second kappa shape index (κ2) is 13.4. The standard InChI is InChI=1S/C32H34ClN5O3S/c1-5-16-42-32-36-31-34-21(4)28(30(39)35-24-12-9-10-20(3)17-24)29(38(31)37-32)22-14-15-26(27(18-22)40-6-2)41-19-23-11-7-8-13-25(23)33/h7-15,17-18,29H,5-6,16,19H2,1-4H3,(H,35,39)(H,34,36,37). The van der Waals surface area contributed by atoms with Gasteiger partial charge >= 0.3 is 0 Å². The fraction of sp³-hybridized carbons (Fsp3) is 0.281. The summed E-state index contributed by atoms with van der Waals surface area (Å²) in [5.74, 6) is 2.40. The smallest absolute Gasteiger partial charge is 0.255 e. The van der Waals surface area contributed by atoms with E-state index in [1.54, 1.807) is 16.4 Å². The van der Waals surface area contributed by atoms with Crippen LogP contribution in [0.1, 0.15) is 49.9 Å². The van der Waals surface area contributed by atoms with E-state index in [0.717, 1.165) is 34.6 Å². The summed E-state index contributed by atoms with van der Waals surface area (Å²) in [6, 6.07) is 20.5. The number of nitrogens with zero attached hydrogens (tertiary/aromatic N) is 3. The Morgan fingerprint density at radius 3 is 2.64 bits per heavy atom. The molecule has 0 radical (unpaired) electrons. The van der Waals surface area contributed by atoms with Crippen LogP contribution in [0.25, 0.3) is 0 Å². The van der Waals surface area contributed by atoms with E-state index in [-0.39, 0.29) is 5.91 Å². The Morgan fingerprint density at radius 1 is 1.05 bits per heavy atom. The summed E-state index contributed by atoms with van der Waals surface area (Å²) in [7, 11) is 0. The molecular weight excluding hydrogens is 570 g/mol. The number of hydrogen-bond acceptors (Lipinski definition) is 7. The van der Waals surface area contributed by atoms with Crippen LogP contribution < -0.4 is 20.1 Å². The monoisotopic (exact) mass is 603 g/mol. The van der Waals surface area contributed by atoms with E-state index in [9.17, 15) is 4.79 Å². The summed E-state index contributed by atoms with van der Waals surface area (Å²) in [4.78, 5) is 18.6. The van der Waals surface area contributed by atoms with Gasteiger partial charge in [0.1, 0.15) is 12.6 Å². The second-order valence-corrected chi connectivity index (χ2v) is 11.4. The lowest BCUT2D eigenvalue weighted by molar-refractivity contribution is -0.113. The lowest BCUT2D eigenvalue weighted by Gasteiger charge is -2.29. The number of fused-ring (bicyclic) bond motifs is 1. The normalized spacial score (nSPS) is 14.3. The number of aryl methyl sites for hydroxylation is 1. The Bertz CT molecular complexity index is 1620. The summed E-state index contributed by atoms with van der Waals surface area (Å²) in [5.41, 5.74) is 4.71. The van der Waals surface area contributed by atoms with Crippen molar-refractivity contribution in [2.24, 2.45) is 0 Å². The molecule has 0 fully saturated rings. The molecule has 0 spiro atoms. The predicted molar refractivity (Wildman–Crippen MR) is 169 cm³/mol. The van der Waals surface area contributed by atoms with Crippen molar-refractivity contribution in [1.82, 2.24) is 14.8 Å². The molecule has 8 nitrogen and oxygen atoms in total. The van der Waals surface area contributed by atoms with Crippen LogP contribution in [0, 0.1) is 6.92 Å². The van der Waals surface area contributed by atoms with Gasteiger partial charge in [0, 0.05) is 27.7 Å². The number of rotatable bonds is 11. The number of amides is 1. The minimum absolute atomic E-state index is 0.225. The molecule has 0 bridgehead atoms. The molecule has 4 aromatic rings. The molecule has 10 heteroatoms. The number of hydrogen-bond donors (Lipinski definition) is 2. The van der Waals surface area contributed by atoms with E-state index in [1.807, 2.05) is 87.5 Å². The third-order valence-corrected chi connectivity index (χ3v) is 8.13. The molecule has 1 unspecified atom stereocenters. The van der Waals surface area contributed by atoms with Crippen LogP contribution in [0.2, 0.25) is 5.02 Å². The number of anilines is 2. The van der Waals surface area contributed by atoms with Crippen LogP contribution in [-0.4, -0.2) is 33.0 Å². The minimum Gasteiger partial charge on any atom is -0.490 e. The molecule has 1 aliphatic rings. The molecule has 3 aromatic carbocycles. The summed E-state index contributed by atoms with van der Waals surface area (Å²) in [6.07, 6.45) is 1.00. The highest BCUT2D eigenvalue weighted by molar-refractivity contribution is 7.99. The molecule has 2 heterocycles. The van der Waals surface area contributed by atoms with Crippen LogP contribution in [-0.2, 0) is 11.4 Å². The number of benzene rings is 3. The second-order valence-electron chi connectivity index (χ2n) is 9.92. The summed E-state index contributed by atoms with van der Waals surface area (Å²) < 4.78 is 14.0. The molecule has 0 aliphatic carbocycles. The first-order valence-corrected chi connectivity index (χ1v) is 15.3. The van der Waals surface area contributed by atoms with Crippen LogP contribution in [0.4, 0.5) is 11.6 Å². The average molecular weight is 604 g/mol. The van der Waals surface area contributed by atoms with Crippen molar-refractivity contribution < 1.29 is 14.3 Å². The number of carbonyl (C=O) groups excluding carboxylic acids is 1. The van der Waals surface area contributed by atoms with Gasteiger partial charge in [0.05, 0.1) is 12.2 Å². The molecule has 1 aliphatic heterocycles. The Morgan fingerprint density at radius 2 is 1.88 bits per heavy atom. The average Bonchev–Trinajstić information content (AvgIpc) is 3.37. The van der Waals surface area contributed by atoms with Gasteiger partial charge in [0.25, 0.3) is 5.91 Å². The highest BCUT2D eigenvalue weighted by Gasteiger charge is 2.35. The van der Waals surface area contributed by atoms with Gasteiger partial charge in [-0.1, -0.05) is 66.7 Å². The highest BCUT2D eigenvalue weighted by atomic mass is 35.5. The van der Waals surface area contributed by atoms with E-state index in [0.29, 0.717) is 52.1 Å². The number of allylic oxidation sites excluding steroid dienone is 1. The quantitative estimate of drug-likeness (QED) is 0.170. The molecule has 0 saturated heterocycles. The topological polar surface area (TPSA) is 90.3 Å². The highest BCUT2D eigenvalue weighted by Crippen LogP contribution is 2.40. The van der Waals surface area contributed by atoms with Gasteiger partial charge in [0.15, 0.2) is 11.5 Å². The van der Waals surface area contributed by atoms with Gasteiger partial charge in [-0.15, -0.1) is 5.10 Å². The molecule has 1 atom stereocenters. The van der Waals surface area contributed by atoms with Gasteiger partial charge in [-0.25, -0.2) is 4.68 Å². The first kappa shape index (κ1) is 29.5. The summed E-state index contributed by atoms with van der Waals surface area (Å²) in [5, 5.41) is 12.5. The maximum absolute atomic E-state index is 13.9. The van der Waals surface area contributed by atoms with Crippen molar-refractivity contribution in [2.45, 2.75) is 51.9 Å². The first-order valence-electron chi connectivity index (χ1n) is 14.0. The van der Waals surface area contributed by atoms with Crippen LogP contribution in [0.3, 0.4) is 0 Å². The molecule has 1 amide bonds. The predicted octanol–water partition coefficient (Wildman–Crippen LogP) is 7.65. The maximum Gasteiger partial charge on any atom is 0.255 e. The van der Waals surface area contributed by atoms with Gasteiger partial charge in [-0.3, -0.25) is 4.79 Å². The van der Waals surface area contributed by atoms with Gasteiger partial charge < -0.3 is 20.1 Å². The molecule has 42 heavy (non-hydrogen) atoms. The van der Waals surface area contributed by atoms with Crippen molar-refractivity contribution in [2.75, 3.05) is 23.0 Å². The SMILES string of the molecule is CCCSc1nc2n(n1)C(c1ccc(OCc3ccccc3Cl)c(OCC)c1)C(C(=O)Nc1cccc(C)c1)=C(C)N2. The van der Waals surface area contributed by atoms with Crippen molar-refractivity contribution in [3.8, 4) is 11.5 Å². The van der Waals surface area contributed by atoms with E-state index < -0.39 is 6.04 Å². The largest absolute Gasteiger partial charge is 0.490 e. The van der Waals surface area contributed by atoms with Gasteiger partial charge in [0.2, 0.25) is 11.1 Å². The molecule has 1 aromatic heterocycles. The molecule has 5 rings (SSSR count). The lowest BCUT2D eigenvalue weighted by Crippen LogP contribution is -2.31. The number of ether oxygens (including phenoxy) is 2. The van der Waals surface area contributed by atoms with Gasteiger partial charge in [-0.05, 0) is 68.7 Å². The van der Waals surface area contributed by atoms with E-state index in [1.165, 1.54) is 0 Å². The minimum atomic E-state index is -0.550. The third kappa shape index (κ3) is 6.58. The zero-order chi connectivity index (χ0) is 29.6. The van der Waals surface area contributed by atoms with Crippen LogP contribution in [0.15, 0.2) is 83.2 Å². The summed E-state index contributed by atoms with van der Waals surface area (Å²) in [6.45, 7) is 8.66. The van der Waals surface area contributed by atoms with E-state index in [2.05, 4.69) is 17.6 Å². The fourth-order valence-electron chi connectivity index (χ4n) is 4.76. The maximum atomic E-state index is 13.9. The summed E-state index contributed by atoms with van der Waals surface area (Å²) >= 11 is 7.94. The van der Waals surface area contributed by atoms with Crippen LogP contribution >= 0.6 is 23.4 Å². The number of thioether (sulfide) groups is 1. The van der Waals surface area contributed by atoms with Crippen molar-refractivity contribution in [3.05, 3.63) is 99.7 Å². The molecule has 2 N–H and O–H groups in total. The lowest BCUT2D eigenvalue weighted by atomic mass is 9.94. The first-order chi connectivity index (χ1) is 20.4. The molecule has 218 valence electrons. The molecule has 0 saturated carbocycles. The van der Waals surface area contributed by atoms with Crippen molar-refractivity contribution >= 4 is 40.9 Å². The molecular formula is C32H34ClN5O3S. The number of aromatic nitrogens is 3. The Balaban J connectivity index is 1.53. The Kier molecular flexibility index (Phi) is 9.39. The number of nitrogens with one attached hydrogen (secondary N) is 2. The Hall–Kier alpha value is -3.95. The number of carbonyl (C=O) groups is 1. The number of halogens is 1. The zero-order valence-corrected chi connectivity index (χ0v) is 25.7. The van der Waals surface area contributed by atoms with Gasteiger partial charge in [-0.2, -0.15) is 4.98 Å². The Labute approximate surface area is 255 Å². The third-order valence-electron chi connectivity index (χ3n) is 6.71. The zero-order valence-electron chi connectivity index (χ0n) is 24.1. The van der Waals surface area contributed by atoms with Crippen molar-refractivity contribution in [1.29, 1.82) is 0 Å². The fourth-order valence-corrected chi connectivity index (χ4v) is 5.64.